The minimum Gasteiger partial charge on any atom is -0.398 e. The Bertz CT molecular complexity index is 577. The maximum atomic E-state index is 12.4. The van der Waals surface area contributed by atoms with Gasteiger partial charge in [0.25, 0.3) is 0 Å². The van der Waals surface area contributed by atoms with Gasteiger partial charge in [-0.15, -0.1) is 0 Å². The van der Waals surface area contributed by atoms with Crippen molar-refractivity contribution in [3.63, 3.8) is 0 Å². The number of halogens is 1. The van der Waals surface area contributed by atoms with Crippen molar-refractivity contribution in [2.75, 3.05) is 5.73 Å². The average molecular weight is 264 g/mol. The quantitative estimate of drug-likeness (QED) is 0.682. The number of carbonyl (C=O) groups is 1. The maximum absolute atomic E-state index is 12.4. The van der Waals surface area contributed by atoms with E-state index in [1.165, 1.54) is 0 Å². The first-order valence-electron chi connectivity index (χ1n) is 5.75. The summed E-state index contributed by atoms with van der Waals surface area (Å²) in [6.07, 6.45) is 2.53. The molecule has 0 saturated heterocycles. The lowest BCUT2D eigenvalue weighted by Gasteiger charge is -2.07. The van der Waals surface area contributed by atoms with Gasteiger partial charge in [-0.2, -0.15) is 5.10 Å². The van der Waals surface area contributed by atoms with Gasteiger partial charge in [-0.3, -0.25) is 9.48 Å². The molecule has 0 radical (unpaired) electrons. The highest BCUT2D eigenvalue weighted by Gasteiger charge is 2.16. The molecule has 0 spiro atoms. The number of nitrogens with two attached hydrogens (primary N) is 1. The second kappa shape index (κ2) is 5.23. The summed E-state index contributed by atoms with van der Waals surface area (Å²) in [5.74, 6) is -0.130. The van der Waals surface area contributed by atoms with Crippen LogP contribution in [0, 0.1) is 0 Å². The SMILES string of the molecule is CCCn1nccc1C(=O)c1ccc(Cl)cc1N. The summed E-state index contributed by atoms with van der Waals surface area (Å²) in [4.78, 5) is 12.4. The van der Waals surface area contributed by atoms with Crippen molar-refractivity contribution in [2.24, 2.45) is 0 Å². The lowest BCUT2D eigenvalue weighted by atomic mass is 10.1. The van der Waals surface area contributed by atoms with Crippen molar-refractivity contribution in [3.8, 4) is 0 Å². The Morgan fingerprint density at radius 3 is 2.89 bits per heavy atom. The summed E-state index contributed by atoms with van der Waals surface area (Å²) in [5, 5.41) is 4.65. The Morgan fingerprint density at radius 1 is 1.44 bits per heavy atom. The van der Waals surface area contributed by atoms with Gasteiger partial charge in [-0.25, -0.2) is 0 Å². The van der Waals surface area contributed by atoms with E-state index in [1.807, 2.05) is 6.92 Å². The number of aryl methyl sites for hydroxylation is 1. The summed E-state index contributed by atoms with van der Waals surface area (Å²) in [6.45, 7) is 2.74. The Balaban J connectivity index is 2.38. The largest absolute Gasteiger partial charge is 0.398 e. The van der Waals surface area contributed by atoms with Gasteiger partial charge in [0, 0.05) is 29.0 Å². The molecule has 2 aromatic rings. The van der Waals surface area contributed by atoms with Gasteiger partial charge in [0.05, 0.1) is 0 Å². The molecule has 5 heteroatoms. The van der Waals surface area contributed by atoms with Crippen molar-refractivity contribution in [2.45, 2.75) is 19.9 Å². The molecule has 0 amide bonds. The number of benzene rings is 1. The molecule has 0 aliphatic heterocycles. The van der Waals surface area contributed by atoms with Crippen molar-refractivity contribution in [1.29, 1.82) is 0 Å². The Labute approximate surface area is 110 Å². The summed E-state index contributed by atoms with van der Waals surface area (Å²) < 4.78 is 1.69. The molecule has 0 aliphatic carbocycles. The first-order valence-corrected chi connectivity index (χ1v) is 6.12. The van der Waals surface area contributed by atoms with E-state index >= 15 is 0 Å². The lowest BCUT2D eigenvalue weighted by Crippen LogP contribution is -2.13. The monoisotopic (exact) mass is 263 g/mol. The fourth-order valence-electron chi connectivity index (χ4n) is 1.79. The van der Waals surface area contributed by atoms with E-state index in [4.69, 9.17) is 17.3 Å². The molecule has 2 N–H and O–H groups in total. The fourth-order valence-corrected chi connectivity index (χ4v) is 1.97. The predicted octanol–water partition coefficient (Wildman–Crippen LogP) is 2.76. The third kappa shape index (κ3) is 2.38. The van der Waals surface area contributed by atoms with Gasteiger partial charge in [-0.1, -0.05) is 18.5 Å². The Hall–Kier alpha value is -1.81. The van der Waals surface area contributed by atoms with Crippen molar-refractivity contribution in [3.05, 3.63) is 46.7 Å². The molecule has 18 heavy (non-hydrogen) atoms. The highest BCUT2D eigenvalue weighted by atomic mass is 35.5. The van der Waals surface area contributed by atoms with Crippen molar-refractivity contribution in [1.82, 2.24) is 9.78 Å². The van der Waals surface area contributed by atoms with Gasteiger partial charge in [0.15, 0.2) is 0 Å². The van der Waals surface area contributed by atoms with E-state index in [1.54, 1.807) is 35.1 Å². The fraction of sp³-hybridized carbons (Fsp3) is 0.231. The van der Waals surface area contributed by atoms with Crippen LogP contribution in [-0.2, 0) is 6.54 Å². The third-order valence-electron chi connectivity index (χ3n) is 2.64. The molecule has 0 unspecified atom stereocenters. The number of hydrogen-bond acceptors (Lipinski definition) is 3. The summed E-state index contributed by atoms with van der Waals surface area (Å²) in [6, 6.07) is 6.58. The number of anilines is 1. The van der Waals surface area contributed by atoms with Gasteiger partial charge in [0.1, 0.15) is 5.69 Å². The molecule has 1 aromatic carbocycles. The number of ketones is 1. The van der Waals surface area contributed by atoms with E-state index in [0.717, 1.165) is 6.42 Å². The van der Waals surface area contributed by atoms with Gasteiger partial charge in [-0.05, 0) is 30.7 Å². The second-order valence-corrected chi connectivity index (χ2v) is 4.44. The van der Waals surface area contributed by atoms with Gasteiger partial charge < -0.3 is 5.73 Å². The van der Waals surface area contributed by atoms with Crippen molar-refractivity contribution < 1.29 is 4.79 Å². The minimum absolute atomic E-state index is 0.130. The van der Waals surface area contributed by atoms with Crippen LogP contribution < -0.4 is 5.73 Å². The van der Waals surface area contributed by atoms with Crippen LogP contribution in [0.25, 0.3) is 0 Å². The van der Waals surface area contributed by atoms with Crippen LogP contribution >= 0.6 is 11.6 Å². The third-order valence-corrected chi connectivity index (χ3v) is 2.88. The van der Waals surface area contributed by atoms with Gasteiger partial charge in [0.2, 0.25) is 5.78 Å². The number of nitrogen functional groups attached to an aromatic ring is 1. The van der Waals surface area contributed by atoms with Gasteiger partial charge >= 0.3 is 0 Å². The minimum atomic E-state index is -0.130. The normalized spacial score (nSPS) is 10.6. The van der Waals surface area contributed by atoms with Crippen LogP contribution in [0.2, 0.25) is 5.02 Å². The first kappa shape index (κ1) is 12.6. The summed E-state index contributed by atoms with van der Waals surface area (Å²) >= 11 is 5.82. The molecule has 0 bridgehead atoms. The lowest BCUT2D eigenvalue weighted by molar-refractivity contribution is 0.102. The molecule has 1 aromatic heterocycles. The zero-order chi connectivity index (χ0) is 13.1. The number of nitrogens with zero attached hydrogens (tertiary/aromatic N) is 2. The average Bonchev–Trinajstić information content (AvgIpc) is 2.77. The second-order valence-electron chi connectivity index (χ2n) is 4.00. The molecule has 4 nitrogen and oxygen atoms in total. The van der Waals surface area contributed by atoms with Crippen molar-refractivity contribution >= 4 is 23.1 Å². The predicted molar refractivity (Wildman–Crippen MR) is 71.8 cm³/mol. The van der Waals surface area contributed by atoms with Crippen LogP contribution in [0.15, 0.2) is 30.5 Å². The highest BCUT2D eigenvalue weighted by Crippen LogP contribution is 2.21. The van der Waals surface area contributed by atoms with E-state index in [9.17, 15) is 4.79 Å². The molecule has 0 fully saturated rings. The topological polar surface area (TPSA) is 60.9 Å². The molecule has 94 valence electrons. The molecule has 0 aliphatic rings. The van der Waals surface area contributed by atoms with Crippen LogP contribution in [-0.4, -0.2) is 15.6 Å². The number of carbonyl (C=O) groups excluding carboxylic acids is 1. The van der Waals surface area contributed by atoms with Crippen LogP contribution in [0.1, 0.15) is 29.4 Å². The zero-order valence-electron chi connectivity index (χ0n) is 10.1. The first-order chi connectivity index (χ1) is 8.63. The highest BCUT2D eigenvalue weighted by molar-refractivity contribution is 6.31. The molecule has 0 atom stereocenters. The zero-order valence-corrected chi connectivity index (χ0v) is 10.8. The van der Waals surface area contributed by atoms with E-state index in [-0.39, 0.29) is 5.78 Å². The molecule has 2 rings (SSSR count). The number of aromatic nitrogens is 2. The number of rotatable bonds is 4. The molecule has 0 saturated carbocycles. The summed E-state index contributed by atoms with van der Waals surface area (Å²) in [7, 11) is 0. The molecular weight excluding hydrogens is 250 g/mol. The van der Waals surface area contributed by atoms with E-state index in [2.05, 4.69) is 5.10 Å². The smallest absolute Gasteiger partial charge is 0.213 e. The standard InChI is InChI=1S/C13H14ClN3O/c1-2-7-17-12(5-6-16-17)13(18)10-4-3-9(14)8-11(10)15/h3-6,8H,2,7,15H2,1H3. The van der Waals surface area contributed by atoms with Crippen LogP contribution in [0.3, 0.4) is 0 Å². The Morgan fingerprint density at radius 2 is 2.22 bits per heavy atom. The van der Waals surface area contributed by atoms with Crippen LogP contribution in [0.5, 0.6) is 0 Å². The van der Waals surface area contributed by atoms with E-state index in [0.29, 0.717) is 28.5 Å². The maximum Gasteiger partial charge on any atom is 0.213 e. The molecule has 1 heterocycles. The Kier molecular flexibility index (Phi) is 3.67. The molecular formula is C13H14ClN3O. The summed E-state index contributed by atoms with van der Waals surface area (Å²) in [5.41, 5.74) is 7.21. The number of hydrogen-bond donors (Lipinski definition) is 1. The van der Waals surface area contributed by atoms with Crippen LogP contribution in [0.4, 0.5) is 5.69 Å². The van der Waals surface area contributed by atoms with E-state index < -0.39 is 0 Å².